The van der Waals surface area contributed by atoms with E-state index in [0.717, 1.165) is 5.69 Å². The molecule has 20 heavy (non-hydrogen) atoms. The summed E-state index contributed by atoms with van der Waals surface area (Å²) in [5, 5.41) is 22.9. The number of nitrogens with zero attached hydrogens (tertiary/aromatic N) is 2. The molecule has 0 bridgehead atoms. The summed E-state index contributed by atoms with van der Waals surface area (Å²) in [6, 6.07) is 13.1. The number of hydrogen-bond acceptors (Lipinski definition) is 5. The van der Waals surface area contributed by atoms with Crippen LogP contribution in [0.1, 0.15) is 5.56 Å². The van der Waals surface area contributed by atoms with Gasteiger partial charge in [0.15, 0.2) is 0 Å². The van der Waals surface area contributed by atoms with Crippen molar-refractivity contribution in [3.8, 4) is 17.6 Å². The Labute approximate surface area is 115 Å². The van der Waals surface area contributed by atoms with Gasteiger partial charge in [-0.2, -0.15) is 5.26 Å². The van der Waals surface area contributed by atoms with E-state index in [-0.39, 0.29) is 17.0 Å². The minimum absolute atomic E-state index is 0.0284. The molecule has 2 aromatic carbocycles. The Bertz CT molecular complexity index is 675. The van der Waals surface area contributed by atoms with Gasteiger partial charge in [-0.05, 0) is 36.4 Å². The first kappa shape index (κ1) is 13.4. The fraction of sp³-hybridized carbons (Fsp3) is 0.0714. The maximum atomic E-state index is 11.1. The highest BCUT2D eigenvalue weighted by Gasteiger charge is 2.21. The maximum Gasteiger partial charge on any atom is 0.329 e. The minimum Gasteiger partial charge on any atom is -0.450 e. The zero-order valence-electron chi connectivity index (χ0n) is 10.7. The standard InChI is InChI=1S/C14H11N3O3/c1-16-11-5-7-12(8-6-11)20-13-4-2-3-10(9-15)14(13)17(18)19/h2-8,16H,1H3. The summed E-state index contributed by atoms with van der Waals surface area (Å²) in [5.41, 5.74) is 0.546. The number of nitro groups is 1. The van der Waals surface area contributed by atoms with Crippen LogP contribution >= 0.6 is 0 Å². The van der Waals surface area contributed by atoms with E-state index in [1.807, 2.05) is 0 Å². The molecule has 0 saturated carbocycles. The van der Waals surface area contributed by atoms with Gasteiger partial charge in [0.05, 0.1) is 4.92 Å². The summed E-state index contributed by atoms with van der Waals surface area (Å²) in [5.74, 6) is 0.508. The third-order valence-corrected chi connectivity index (χ3v) is 2.67. The SMILES string of the molecule is CNc1ccc(Oc2cccc(C#N)c2[N+](=O)[O-])cc1. The second-order valence-electron chi connectivity index (χ2n) is 3.90. The molecule has 0 spiro atoms. The van der Waals surface area contributed by atoms with Gasteiger partial charge in [-0.15, -0.1) is 0 Å². The fourth-order valence-electron chi connectivity index (χ4n) is 1.70. The zero-order chi connectivity index (χ0) is 14.5. The fourth-order valence-corrected chi connectivity index (χ4v) is 1.70. The number of benzene rings is 2. The highest BCUT2D eigenvalue weighted by molar-refractivity contribution is 5.59. The predicted octanol–water partition coefficient (Wildman–Crippen LogP) is 3.30. The monoisotopic (exact) mass is 269 g/mol. The first-order valence-electron chi connectivity index (χ1n) is 5.79. The Kier molecular flexibility index (Phi) is 3.82. The van der Waals surface area contributed by atoms with Crippen LogP contribution in [0.5, 0.6) is 11.5 Å². The van der Waals surface area contributed by atoms with E-state index in [2.05, 4.69) is 5.32 Å². The maximum absolute atomic E-state index is 11.1. The van der Waals surface area contributed by atoms with Crippen molar-refractivity contribution in [3.05, 3.63) is 58.1 Å². The normalized spacial score (nSPS) is 9.60. The van der Waals surface area contributed by atoms with Crippen LogP contribution in [-0.2, 0) is 0 Å². The summed E-state index contributed by atoms with van der Waals surface area (Å²) in [7, 11) is 1.79. The van der Waals surface area contributed by atoms with E-state index in [4.69, 9.17) is 10.00 Å². The number of para-hydroxylation sites is 1. The van der Waals surface area contributed by atoms with Gasteiger partial charge in [-0.1, -0.05) is 6.07 Å². The molecule has 2 rings (SSSR count). The lowest BCUT2D eigenvalue weighted by Gasteiger charge is -2.07. The summed E-state index contributed by atoms with van der Waals surface area (Å²) >= 11 is 0. The first-order chi connectivity index (χ1) is 9.65. The van der Waals surface area contributed by atoms with Crippen molar-refractivity contribution in [1.29, 1.82) is 5.26 Å². The van der Waals surface area contributed by atoms with Gasteiger partial charge in [-0.3, -0.25) is 10.1 Å². The number of nitrogens with one attached hydrogen (secondary N) is 1. The first-order valence-corrected chi connectivity index (χ1v) is 5.79. The molecule has 6 nitrogen and oxygen atoms in total. The zero-order valence-corrected chi connectivity index (χ0v) is 10.7. The average Bonchev–Trinajstić information content (AvgIpc) is 2.47. The molecular formula is C14H11N3O3. The Morgan fingerprint density at radius 3 is 2.50 bits per heavy atom. The quantitative estimate of drug-likeness (QED) is 0.679. The summed E-state index contributed by atoms with van der Waals surface area (Å²) in [4.78, 5) is 10.4. The van der Waals surface area contributed by atoms with Crippen molar-refractivity contribution in [2.24, 2.45) is 0 Å². The van der Waals surface area contributed by atoms with E-state index >= 15 is 0 Å². The van der Waals surface area contributed by atoms with Crippen molar-refractivity contribution < 1.29 is 9.66 Å². The summed E-state index contributed by atoms with van der Waals surface area (Å²) < 4.78 is 5.49. The van der Waals surface area contributed by atoms with Crippen LogP contribution in [0.3, 0.4) is 0 Å². The van der Waals surface area contributed by atoms with Crippen LogP contribution in [0, 0.1) is 21.4 Å². The van der Waals surface area contributed by atoms with E-state index in [0.29, 0.717) is 5.75 Å². The molecule has 0 aliphatic carbocycles. The molecule has 2 aromatic rings. The lowest BCUT2D eigenvalue weighted by atomic mass is 10.2. The molecular weight excluding hydrogens is 258 g/mol. The third kappa shape index (κ3) is 2.67. The van der Waals surface area contributed by atoms with Gasteiger partial charge in [0, 0.05) is 12.7 Å². The molecule has 100 valence electrons. The molecule has 0 heterocycles. The van der Waals surface area contributed by atoms with Crippen LogP contribution in [-0.4, -0.2) is 12.0 Å². The lowest BCUT2D eigenvalue weighted by Crippen LogP contribution is -1.96. The molecule has 0 unspecified atom stereocenters. The number of nitriles is 1. The smallest absolute Gasteiger partial charge is 0.329 e. The van der Waals surface area contributed by atoms with Crippen LogP contribution in [0.15, 0.2) is 42.5 Å². The van der Waals surface area contributed by atoms with Crippen LogP contribution in [0.2, 0.25) is 0 Å². The molecule has 0 fully saturated rings. The van der Waals surface area contributed by atoms with E-state index < -0.39 is 4.92 Å². The van der Waals surface area contributed by atoms with Crippen molar-refractivity contribution in [2.45, 2.75) is 0 Å². The van der Waals surface area contributed by atoms with E-state index in [1.165, 1.54) is 12.1 Å². The molecule has 6 heteroatoms. The van der Waals surface area contributed by atoms with Crippen molar-refractivity contribution in [2.75, 3.05) is 12.4 Å². The van der Waals surface area contributed by atoms with Gasteiger partial charge in [-0.25, -0.2) is 0 Å². The van der Waals surface area contributed by atoms with E-state index in [9.17, 15) is 10.1 Å². The number of hydrogen-bond donors (Lipinski definition) is 1. The van der Waals surface area contributed by atoms with Crippen molar-refractivity contribution in [3.63, 3.8) is 0 Å². The number of anilines is 1. The highest BCUT2D eigenvalue weighted by Crippen LogP contribution is 2.34. The van der Waals surface area contributed by atoms with E-state index in [1.54, 1.807) is 43.4 Å². The second-order valence-corrected chi connectivity index (χ2v) is 3.90. The summed E-state index contributed by atoms with van der Waals surface area (Å²) in [6.45, 7) is 0. The van der Waals surface area contributed by atoms with Gasteiger partial charge in [0.1, 0.15) is 17.4 Å². The molecule has 0 aromatic heterocycles. The number of nitro benzene ring substituents is 1. The molecule has 1 N–H and O–H groups in total. The largest absolute Gasteiger partial charge is 0.450 e. The number of ether oxygens (including phenoxy) is 1. The van der Waals surface area contributed by atoms with Crippen LogP contribution in [0.4, 0.5) is 11.4 Å². The molecule has 0 radical (unpaired) electrons. The Hall–Kier alpha value is -3.07. The number of rotatable bonds is 4. The molecule has 0 aliphatic rings. The second kappa shape index (κ2) is 5.71. The van der Waals surface area contributed by atoms with Gasteiger partial charge >= 0.3 is 5.69 Å². The third-order valence-electron chi connectivity index (χ3n) is 2.67. The van der Waals surface area contributed by atoms with Crippen LogP contribution in [0.25, 0.3) is 0 Å². The molecule has 0 atom stereocenters. The minimum atomic E-state index is -0.615. The average molecular weight is 269 g/mol. The summed E-state index contributed by atoms with van der Waals surface area (Å²) in [6.07, 6.45) is 0. The van der Waals surface area contributed by atoms with Gasteiger partial charge < -0.3 is 10.1 Å². The predicted molar refractivity (Wildman–Crippen MR) is 73.9 cm³/mol. The Morgan fingerprint density at radius 2 is 1.95 bits per heavy atom. The van der Waals surface area contributed by atoms with Gasteiger partial charge in [0.25, 0.3) is 0 Å². The van der Waals surface area contributed by atoms with Crippen molar-refractivity contribution in [1.82, 2.24) is 0 Å². The molecule has 0 aliphatic heterocycles. The lowest BCUT2D eigenvalue weighted by molar-refractivity contribution is -0.385. The highest BCUT2D eigenvalue weighted by atomic mass is 16.6. The molecule has 0 amide bonds. The van der Waals surface area contributed by atoms with Crippen molar-refractivity contribution >= 4 is 11.4 Å². The Balaban J connectivity index is 2.38. The topological polar surface area (TPSA) is 88.2 Å². The van der Waals surface area contributed by atoms with Crippen LogP contribution < -0.4 is 10.1 Å². The van der Waals surface area contributed by atoms with Gasteiger partial charge in [0.2, 0.25) is 5.75 Å². The molecule has 0 saturated heterocycles. The Morgan fingerprint density at radius 1 is 1.25 bits per heavy atom.